The van der Waals surface area contributed by atoms with E-state index in [-0.39, 0.29) is 10.0 Å². The van der Waals surface area contributed by atoms with Crippen molar-refractivity contribution in [1.82, 2.24) is 0 Å². The first kappa shape index (κ1) is 10.3. The third kappa shape index (κ3) is 2.57. The Kier molecular flexibility index (Phi) is 3.12. The van der Waals surface area contributed by atoms with E-state index in [0.29, 0.717) is 11.5 Å². The van der Waals surface area contributed by atoms with Crippen molar-refractivity contribution in [3.8, 4) is 0 Å². The molecule has 2 nitrogen and oxygen atoms in total. The lowest BCUT2D eigenvalue weighted by atomic mass is 10.3. The van der Waals surface area contributed by atoms with Crippen LogP contribution in [-0.2, 0) is 0 Å². The first-order chi connectivity index (χ1) is 6.00. The highest BCUT2D eigenvalue weighted by Gasteiger charge is 2.06. The maximum atomic E-state index is 12.9. The third-order valence-electron chi connectivity index (χ3n) is 1.27. The van der Waals surface area contributed by atoms with Crippen LogP contribution in [0.3, 0.4) is 0 Å². The van der Waals surface area contributed by atoms with Gasteiger partial charge >= 0.3 is 0 Å². The SMILES string of the molecule is CC(N)=Nc1cc(Cl)c(F)c(Cl)c1. The molecular weight excluding hydrogens is 214 g/mol. The molecule has 0 unspecified atom stereocenters. The zero-order chi connectivity index (χ0) is 10.0. The molecule has 0 amide bonds. The molecule has 0 aliphatic heterocycles. The van der Waals surface area contributed by atoms with Crippen LogP contribution in [0.25, 0.3) is 0 Å². The van der Waals surface area contributed by atoms with E-state index in [1.165, 1.54) is 12.1 Å². The summed E-state index contributed by atoms with van der Waals surface area (Å²) in [4.78, 5) is 3.88. The molecule has 0 bridgehead atoms. The van der Waals surface area contributed by atoms with Crippen molar-refractivity contribution < 1.29 is 4.39 Å². The molecule has 0 aliphatic carbocycles. The highest BCUT2D eigenvalue weighted by molar-refractivity contribution is 6.35. The number of benzene rings is 1. The molecule has 0 aliphatic rings. The van der Waals surface area contributed by atoms with Crippen LogP contribution in [0.5, 0.6) is 0 Å². The largest absolute Gasteiger partial charge is 0.387 e. The molecule has 0 fully saturated rings. The molecule has 0 saturated heterocycles. The van der Waals surface area contributed by atoms with E-state index in [9.17, 15) is 4.39 Å². The van der Waals surface area contributed by atoms with Gasteiger partial charge in [0.05, 0.1) is 21.6 Å². The van der Waals surface area contributed by atoms with E-state index < -0.39 is 5.82 Å². The summed E-state index contributed by atoms with van der Waals surface area (Å²) in [5, 5.41) is -0.125. The van der Waals surface area contributed by atoms with Gasteiger partial charge in [0.2, 0.25) is 0 Å². The number of amidine groups is 1. The van der Waals surface area contributed by atoms with Crippen molar-refractivity contribution in [3.05, 3.63) is 28.0 Å². The fourth-order valence-corrected chi connectivity index (χ4v) is 1.29. The molecule has 1 rings (SSSR count). The number of hydrogen-bond donors (Lipinski definition) is 1. The molecule has 0 aromatic heterocycles. The van der Waals surface area contributed by atoms with Gasteiger partial charge in [-0.2, -0.15) is 0 Å². The van der Waals surface area contributed by atoms with Crippen LogP contribution in [0, 0.1) is 5.82 Å². The van der Waals surface area contributed by atoms with E-state index in [2.05, 4.69) is 4.99 Å². The van der Waals surface area contributed by atoms with Crippen LogP contribution < -0.4 is 5.73 Å². The van der Waals surface area contributed by atoms with Crippen molar-refractivity contribution in [2.75, 3.05) is 0 Å². The van der Waals surface area contributed by atoms with Crippen molar-refractivity contribution in [2.24, 2.45) is 10.7 Å². The minimum atomic E-state index is -0.642. The van der Waals surface area contributed by atoms with Gasteiger partial charge in [0.1, 0.15) is 0 Å². The second-order valence-electron chi connectivity index (χ2n) is 2.48. The molecule has 5 heteroatoms. The third-order valence-corrected chi connectivity index (χ3v) is 1.82. The minimum Gasteiger partial charge on any atom is -0.387 e. The molecule has 0 saturated carbocycles. The van der Waals surface area contributed by atoms with Gasteiger partial charge in [-0.15, -0.1) is 0 Å². The Labute approximate surface area is 85.2 Å². The smallest absolute Gasteiger partial charge is 0.160 e. The van der Waals surface area contributed by atoms with Gasteiger partial charge < -0.3 is 5.73 Å². The summed E-state index contributed by atoms with van der Waals surface area (Å²) in [7, 11) is 0. The number of aliphatic imine (C=N–C) groups is 1. The van der Waals surface area contributed by atoms with Gasteiger partial charge in [-0.3, -0.25) is 0 Å². The molecule has 1 aromatic rings. The van der Waals surface area contributed by atoms with E-state index >= 15 is 0 Å². The van der Waals surface area contributed by atoms with E-state index in [1.807, 2.05) is 0 Å². The lowest BCUT2D eigenvalue weighted by Crippen LogP contribution is -2.03. The number of nitrogens with two attached hydrogens (primary N) is 1. The maximum absolute atomic E-state index is 12.9. The van der Waals surface area contributed by atoms with Gasteiger partial charge in [0, 0.05) is 0 Å². The second-order valence-corrected chi connectivity index (χ2v) is 3.29. The van der Waals surface area contributed by atoms with Crippen molar-refractivity contribution in [2.45, 2.75) is 6.92 Å². The minimum absolute atomic E-state index is 0.0625. The predicted octanol–water partition coefficient (Wildman–Crippen LogP) is 3.14. The molecule has 2 N–H and O–H groups in total. The average Bonchev–Trinajstić information content (AvgIpc) is 1.98. The Balaban J connectivity index is 3.21. The molecule has 1 aromatic carbocycles. The number of hydrogen-bond acceptors (Lipinski definition) is 1. The normalized spacial score (nSPS) is 11.8. The van der Waals surface area contributed by atoms with Crippen LogP contribution in [0.2, 0.25) is 10.0 Å². The van der Waals surface area contributed by atoms with Crippen molar-refractivity contribution >= 4 is 34.7 Å². The highest BCUT2D eigenvalue weighted by atomic mass is 35.5. The zero-order valence-corrected chi connectivity index (χ0v) is 8.33. The van der Waals surface area contributed by atoms with Gasteiger partial charge in [0.15, 0.2) is 5.82 Å². The molecule has 0 heterocycles. The number of nitrogens with zero attached hydrogens (tertiary/aromatic N) is 1. The lowest BCUT2D eigenvalue weighted by Gasteiger charge is -2.00. The van der Waals surface area contributed by atoms with Crippen molar-refractivity contribution in [1.29, 1.82) is 0 Å². The lowest BCUT2D eigenvalue weighted by molar-refractivity contribution is 0.629. The van der Waals surface area contributed by atoms with E-state index in [0.717, 1.165) is 0 Å². The van der Waals surface area contributed by atoms with Crippen LogP contribution in [0.1, 0.15) is 6.92 Å². The first-order valence-corrected chi connectivity index (χ1v) is 4.21. The summed E-state index contributed by atoms with van der Waals surface area (Å²) >= 11 is 11.1. The maximum Gasteiger partial charge on any atom is 0.160 e. The number of rotatable bonds is 1. The van der Waals surface area contributed by atoms with Crippen LogP contribution >= 0.6 is 23.2 Å². The molecule has 0 spiro atoms. The van der Waals surface area contributed by atoms with Gasteiger partial charge in [-0.1, -0.05) is 23.2 Å². The van der Waals surface area contributed by atoms with Gasteiger partial charge in [0.25, 0.3) is 0 Å². The van der Waals surface area contributed by atoms with Crippen molar-refractivity contribution in [3.63, 3.8) is 0 Å². The summed E-state index contributed by atoms with van der Waals surface area (Å²) in [6.07, 6.45) is 0. The molecule has 0 atom stereocenters. The standard InChI is InChI=1S/C8H7Cl2FN2/c1-4(12)13-5-2-6(9)8(11)7(10)3-5/h2-3H,1H3,(H2,12,13). The summed E-state index contributed by atoms with van der Waals surface area (Å²) < 4.78 is 12.9. The Hall–Kier alpha value is -0.800. The Morgan fingerprint density at radius 3 is 2.23 bits per heavy atom. The van der Waals surface area contributed by atoms with Gasteiger partial charge in [-0.25, -0.2) is 9.38 Å². The molecular formula is C8H7Cl2FN2. The topological polar surface area (TPSA) is 38.4 Å². The molecule has 0 radical (unpaired) electrons. The monoisotopic (exact) mass is 220 g/mol. The first-order valence-electron chi connectivity index (χ1n) is 3.46. The molecule has 70 valence electrons. The Bertz CT molecular complexity index is 336. The predicted molar refractivity (Wildman–Crippen MR) is 53.4 cm³/mol. The Morgan fingerprint density at radius 2 is 1.85 bits per heavy atom. The van der Waals surface area contributed by atoms with Crippen LogP contribution in [-0.4, -0.2) is 5.84 Å². The summed E-state index contributed by atoms with van der Waals surface area (Å²) in [5.41, 5.74) is 5.77. The average molecular weight is 221 g/mol. The van der Waals surface area contributed by atoms with Crippen LogP contribution in [0.4, 0.5) is 10.1 Å². The van der Waals surface area contributed by atoms with E-state index in [1.54, 1.807) is 6.92 Å². The molecule has 13 heavy (non-hydrogen) atoms. The second kappa shape index (κ2) is 3.94. The quantitative estimate of drug-likeness (QED) is 0.441. The fraction of sp³-hybridized carbons (Fsp3) is 0.125. The van der Waals surface area contributed by atoms with Gasteiger partial charge in [-0.05, 0) is 19.1 Å². The highest BCUT2D eigenvalue weighted by Crippen LogP contribution is 2.28. The zero-order valence-electron chi connectivity index (χ0n) is 6.81. The van der Waals surface area contributed by atoms with Crippen LogP contribution in [0.15, 0.2) is 17.1 Å². The fourth-order valence-electron chi connectivity index (χ4n) is 0.810. The van der Waals surface area contributed by atoms with E-state index in [4.69, 9.17) is 28.9 Å². The number of halogens is 3. The summed E-state index contributed by atoms with van der Waals surface area (Å²) in [5.74, 6) is -0.282. The summed E-state index contributed by atoms with van der Waals surface area (Å²) in [6, 6.07) is 2.72. The summed E-state index contributed by atoms with van der Waals surface area (Å²) in [6.45, 7) is 1.62. The Morgan fingerprint density at radius 1 is 1.38 bits per heavy atom.